The van der Waals surface area contributed by atoms with E-state index in [2.05, 4.69) is 21.9 Å². The van der Waals surface area contributed by atoms with Gasteiger partial charge in [0.1, 0.15) is 16.7 Å². The third kappa shape index (κ3) is 5.03. The molecule has 1 N–H and O–H groups in total. The number of halogens is 4. The minimum atomic E-state index is -4.54. The molecule has 1 heterocycles. The van der Waals surface area contributed by atoms with Crippen LogP contribution in [0.1, 0.15) is 18.2 Å². The van der Waals surface area contributed by atoms with Crippen molar-refractivity contribution in [3.63, 3.8) is 0 Å². The maximum Gasteiger partial charge on any atom is 0.433 e. The number of aliphatic imine (C=N–C) groups is 1. The first-order chi connectivity index (χ1) is 13.8. The van der Waals surface area contributed by atoms with Crippen LogP contribution in [0.3, 0.4) is 0 Å². The summed E-state index contributed by atoms with van der Waals surface area (Å²) in [7, 11) is 0. The average molecular weight is 416 g/mol. The van der Waals surface area contributed by atoms with Crippen molar-refractivity contribution in [2.75, 3.05) is 5.32 Å². The van der Waals surface area contributed by atoms with Crippen LogP contribution in [0.2, 0.25) is 0 Å². The monoisotopic (exact) mass is 415 g/mol. The zero-order valence-electron chi connectivity index (χ0n) is 15.5. The SMILES string of the molecule is C=C(Nc1cccc(C(F)(F)F)n1)c1c(/N=C(\C)Cl)cccc1-c1ccccc1. The molecule has 29 heavy (non-hydrogen) atoms. The Morgan fingerprint density at radius 2 is 1.69 bits per heavy atom. The largest absolute Gasteiger partial charge is 0.433 e. The van der Waals surface area contributed by atoms with E-state index in [9.17, 15) is 13.2 Å². The number of hydrogen-bond donors (Lipinski definition) is 1. The van der Waals surface area contributed by atoms with Gasteiger partial charge in [0.15, 0.2) is 0 Å². The summed E-state index contributed by atoms with van der Waals surface area (Å²) in [6.45, 7) is 5.67. The molecule has 0 atom stereocenters. The van der Waals surface area contributed by atoms with Crippen molar-refractivity contribution in [3.05, 3.63) is 84.6 Å². The highest BCUT2D eigenvalue weighted by Gasteiger charge is 2.32. The van der Waals surface area contributed by atoms with Crippen LogP contribution in [0, 0.1) is 0 Å². The van der Waals surface area contributed by atoms with Gasteiger partial charge in [0.2, 0.25) is 0 Å². The number of rotatable bonds is 5. The van der Waals surface area contributed by atoms with E-state index in [0.29, 0.717) is 22.1 Å². The van der Waals surface area contributed by atoms with Crippen LogP contribution in [0.5, 0.6) is 0 Å². The van der Waals surface area contributed by atoms with Crippen LogP contribution in [0.15, 0.2) is 78.3 Å². The van der Waals surface area contributed by atoms with Gasteiger partial charge in [0.05, 0.1) is 5.69 Å². The van der Waals surface area contributed by atoms with E-state index in [4.69, 9.17) is 11.6 Å². The van der Waals surface area contributed by atoms with Gasteiger partial charge in [-0.15, -0.1) is 0 Å². The normalized spacial score (nSPS) is 12.0. The van der Waals surface area contributed by atoms with Gasteiger partial charge in [-0.25, -0.2) is 9.98 Å². The molecule has 7 heteroatoms. The number of nitrogens with one attached hydrogen (secondary N) is 1. The highest BCUT2D eigenvalue weighted by atomic mass is 35.5. The van der Waals surface area contributed by atoms with Crippen LogP contribution in [0.4, 0.5) is 24.7 Å². The molecule has 0 amide bonds. The lowest BCUT2D eigenvalue weighted by Crippen LogP contribution is -2.10. The van der Waals surface area contributed by atoms with Gasteiger partial charge >= 0.3 is 6.18 Å². The van der Waals surface area contributed by atoms with E-state index in [0.717, 1.165) is 17.2 Å². The van der Waals surface area contributed by atoms with Crippen molar-refractivity contribution in [1.82, 2.24) is 4.98 Å². The first-order valence-corrected chi connectivity index (χ1v) is 9.03. The fraction of sp³-hybridized carbons (Fsp3) is 0.0909. The number of hydrogen-bond acceptors (Lipinski definition) is 3. The van der Waals surface area contributed by atoms with Gasteiger partial charge in [0.25, 0.3) is 0 Å². The number of aromatic nitrogens is 1. The van der Waals surface area contributed by atoms with Crippen molar-refractivity contribution in [1.29, 1.82) is 0 Å². The third-order valence-corrected chi connectivity index (χ3v) is 4.11. The molecular weight excluding hydrogens is 399 g/mol. The fourth-order valence-corrected chi connectivity index (χ4v) is 2.95. The summed E-state index contributed by atoms with van der Waals surface area (Å²) in [5.41, 5.74) is 2.26. The van der Waals surface area contributed by atoms with Gasteiger partial charge in [-0.2, -0.15) is 13.2 Å². The zero-order chi connectivity index (χ0) is 21.0. The van der Waals surface area contributed by atoms with Gasteiger partial charge < -0.3 is 5.32 Å². The number of alkyl halides is 3. The highest BCUT2D eigenvalue weighted by molar-refractivity contribution is 6.65. The van der Waals surface area contributed by atoms with Crippen molar-refractivity contribution < 1.29 is 13.2 Å². The van der Waals surface area contributed by atoms with Crippen LogP contribution >= 0.6 is 11.6 Å². The minimum Gasteiger partial charge on any atom is -0.340 e. The van der Waals surface area contributed by atoms with E-state index in [1.54, 1.807) is 13.0 Å². The van der Waals surface area contributed by atoms with Crippen molar-refractivity contribution in [3.8, 4) is 11.1 Å². The van der Waals surface area contributed by atoms with Crippen molar-refractivity contribution in [2.24, 2.45) is 4.99 Å². The standard InChI is InChI=1S/C22H17ClF3N3/c1-14(27-20-13-7-12-19(29-20)22(24,25)26)21-17(16-8-4-3-5-9-16)10-6-11-18(21)28-15(2)23/h3-13H,1H2,2H3,(H,27,29)/b28-15+. The molecule has 0 aliphatic rings. The Balaban J connectivity index is 2.07. The summed E-state index contributed by atoms with van der Waals surface area (Å²) < 4.78 is 38.9. The fourth-order valence-electron chi connectivity index (χ4n) is 2.85. The lowest BCUT2D eigenvalue weighted by atomic mass is 9.96. The van der Waals surface area contributed by atoms with Crippen LogP contribution in [-0.4, -0.2) is 10.2 Å². The number of pyridine rings is 1. The van der Waals surface area contributed by atoms with E-state index in [1.807, 2.05) is 42.5 Å². The molecule has 0 saturated carbocycles. The van der Waals surface area contributed by atoms with Crippen LogP contribution < -0.4 is 5.32 Å². The van der Waals surface area contributed by atoms with E-state index < -0.39 is 11.9 Å². The van der Waals surface area contributed by atoms with Gasteiger partial charge in [-0.1, -0.05) is 66.7 Å². The molecule has 3 rings (SSSR count). The topological polar surface area (TPSA) is 37.3 Å². The number of anilines is 1. The Kier molecular flexibility index (Phi) is 6.03. The summed E-state index contributed by atoms with van der Waals surface area (Å²) in [6, 6.07) is 18.7. The lowest BCUT2D eigenvalue weighted by molar-refractivity contribution is -0.141. The molecule has 0 aliphatic carbocycles. The van der Waals surface area contributed by atoms with E-state index in [-0.39, 0.29) is 5.82 Å². The van der Waals surface area contributed by atoms with E-state index >= 15 is 0 Å². The predicted octanol–water partition coefficient (Wildman–Crippen LogP) is 7.14. The van der Waals surface area contributed by atoms with Gasteiger partial charge in [-0.05, 0) is 36.2 Å². The molecule has 0 bridgehead atoms. The molecule has 3 aromatic rings. The molecule has 0 aliphatic heterocycles. The summed E-state index contributed by atoms with van der Waals surface area (Å²) in [5, 5.41) is 3.20. The Labute approximate surface area is 171 Å². The Morgan fingerprint density at radius 3 is 2.34 bits per heavy atom. The van der Waals surface area contributed by atoms with Gasteiger partial charge in [-0.3, -0.25) is 0 Å². The second-order valence-electron chi connectivity index (χ2n) is 6.18. The van der Waals surface area contributed by atoms with Crippen molar-refractivity contribution in [2.45, 2.75) is 13.1 Å². The van der Waals surface area contributed by atoms with Crippen LogP contribution in [0.25, 0.3) is 16.8 Å². The summed E-state index contributed by atoms with van der Waals surface area (Å²) in [5.74, 6) is 0.0326. The quantitative estimate of drug-likeness (QED) is 0.449. The number of benzene rings is 2. The lowest BCUT2D eigenvalue weighted by Gasteiger charge is -2.17. The summed E-state index contributed by atoms with van der Waals surface area (Å²) in [4.78, 5) is 7.99. The maximum atomic E-state index is 13.0. The minimum absolute atomic E-state index is 0.0326. The Hall–Kier alpha value is -3.12. The second kappa shape index (κ2) is 8.49. The maximum absolute atomic E-state index is 13.0. The summed E-state index contributed by atoms with van der Waals surface area (Å²) >= 11 is 5.98. The molecule has 0 spiro atoms. The Morgan fingerprint density at radius 1 is 1.00 bits per heavy atom. The molecule has 0 saturated heterocycles. The first-order valence-electron chi connectivity index (χ1n) is 8.65. The highest BCUT2D eigenvalue weighted by Crippen LogP contribution is 2.36. The molecule has 3 nitrogen and oxygen atoms in total. The van der Waals surface area contributed by atoms with Crippen LogP contribution in [-0.2, 0) is 6.18 Å². The smallest absolute Gasteiger partial charge is 0.340 e. The molecule has 1 aromatic heterocycles. The molecular formula is C22H17ClF3N3. The third-order valence-electron chi connectivity index (χ3n) is 4.02. The number of nitrogens with zero attached hydrogens (tertiary/aromatic N) is 2. The average Bonchev–Trinajstić information content (AvgIpc) is 2.67. The predicted molar refractivity (Wildman–Crippen MR) is 112 cm³/mol. The Bertz CT molecular complexity index is 1060. The molecule has 0 fully saturated rings. The van der Waals surface area contributed by atoms with E-state index in [1.165, 1.54) is 12.1 Å². The molecule has 0 radical (unpaired) electrons. The summed E-state index contributed by atoms with van der Waals surface area (Å²) in [6.07, 6.45) is -4.54. The molecule has 148 valence electrons. The zero-order valence-corrected chi connectivity index (χ0v) is 16.2. The first kappa shape index (κ1) is 20.6. The van der Waals surface area contributed by atoms with Gasteiger partial charge in [0, 0.05) is 11.3 Å². The van der Waals surface area contributed by atoms with Crippen molar-refractivity contribution >= 4 is 34.0 Å². The second-order valence-corrected chi connectivity index (χ2v) is 6.73. The molecule has 2 aromatic carbocycles. The molecule has 0 unspecified atom stereocenters.